The van der Waals surface area contributed by atoms with Crippen molar-refractivity contribution in [3.63, 3.8) is 0 Å². The van der Waals surface area contributed by atoms with Crippen molar-refractivity contribution in [1.82, 2.24) is 24.8 Å². The van der Waals surface area contributed by atoms with Crippen LogP contribution in [-0.2, 0) is 20.8 Å². The molecule has 0 spiro atoms. The van der Waals surface area contributed by atoms with E-state index in [0.29, 0.717) is 18.9 Å². The van der Waals surface area contributed by atoms with Crippen LogP contribution in [0, 0.1) is 5.92 Å². The summed E-state index contributed by atoms with van der Waals surface area (Å²) in [5, 5.41) is 6.02. The van der Waals surface area contributed by atoms with Gasteiger partial charge in [0.2, 0.25) is 5.95 Å². The summed E-state index contributed by atoms with van der Waals surface area (Å²) in [4.78, 5) is 41.9. The van der Waals surface area contributed by atoms with Gasteiger partial charge in [-0.1, -0.05) is 51.1 Å². The fraction of sp³-hybridized carbons (Fsp3) is 0.581. The lowest BCUT2D eigenvalue weighted by atomic mass is 10.1. The molecule has 230 valence electrons. The van der Waals surface area contributed by atoms with E-state index in [1.165, 1.54) is 5.56 Å². The molecule has 11 heteroatoms. The molecule has 0 radical (unpaired) electrons. The second kappa shape index (κ2) is 14.3. The highest BCUT2D eigenvalue weighted by Crippen LogP contribution is 2.28. The van der Waals surface area contributed by atoms with Crippen LogP contribution in [0.4, 0.5) is 16.6 Å². The van der Waals surface area contributed by atoms with Crippen molar-refractivity contribution in [2.45, 2.75) is 99.0 Å². The number of nitrogens with zero attached hydrogens (tertiary/aromatic N) is 5. The monoisotopic (exact) mass is 581 g/mol. The van der Waals surface area contributed by atoms with Crippen LogP contribution in [-0.4, -0.2) is 62.4 Å². The third kappa shape index (κ3) is 8.80. The Morgan fingerprint density at radius 1 is 1.05 bits per heavy atom. The third-order valence-corrected chi connectivity index (χ3v) is 6.70. The lowest BCUT2D eigenvalue weighted by molar-refractivity contribution is -0.147. The van der Waals surface area contributed by atoms with Gasteiger partial charge >= 0.3 is 12.1 Å². The van der Waals surface area contributed by atoms with Crippen LogP contribution in [0.5, 0.6) is 0 Å². The number of carbonyl (C=O) groups is 2. The van der Waals surface area contributed by atoms with Gasteiger partial charge in [-0.25, -0.2) is 14.6 Å². The van der Waals surface area contributed by atoms with Crippen molar-refractivity contribution in [2.75, 3.05) is 23.4 Å². The minimum atomic E-state index is -0.840. The molecule has 2 atom stereocenters. The molecular weight excluding hydrogens is 534 g/mol. The van der Waals surface area contributed by atoms with Crippen LogP contribution in [0.2, 0.25) is 0 Å². The maximum atomic E-state index is 13.0. The van der Waals surface area contributed by atoms with E-state index in [2.05, 4.69) is 53.4 Å². The zero-order valence-corrected chi connectivity index (χ0v) is 26.5. The van der Waals surface area contributed by atoms with E-state index in [1.54, 1.807) is 27.1 Å². The maximum Gasteiger partial charge on any atom is 0.408 e. The van der Waals surface area contributed by atoms with E-state index in [9.17, 15) is 9.59 Å². The van der Waals surface area contributed by atoms with Crippen molar-refractivity contribution in [1.29, 1.82) is 0 Å². The number of ether oxygens (including phenoxy) is 2. The second-order valence-electron chi connectivity index (χ2n) is 12.0. The standard InChI is InChI=1S/C31H47N7O4/c1-10-23(18-41-28(39)24(20(3)4)34-30(40)42-31(7,8)9)33-29-35-26(25-27(36-29)38(19-32-25)21(5)6)37(11-2)17-22-15-13-12-14-16-22/h12-16,19-21,23-24H,10-11,17-18H2,1-9H3,(H,34,40)(H,33,35,36)/t23-,24+/m1/s1. The topological polar surface area (TPSA) is 123 Å². The molecule has 0 aliphatic rings. The minimum absolute atomic E-state index is 0.0796. The summed E-state index contributed by atoms with van der Waals surface area (Å²) in [6.45, 7) is 18.7. The first-order valence-electron chi connectivity index (χ1n) is 14.8. The molecule has 3 aromatic rings. The Kier molecular flexibility index (Phi) is 11.1. The van der Waals surface area contributed by atoms with E-state index in [4.69, 9.17) is 19.4 Å². The molecule has 1 amide bonds. The molecule has 2 aromatic heterocycles. The quantitative estimate of drug-likeness (QED) is 0.244. The molecule has 1 aromatic carbocycles. The number of nitrogens with one attached hydrogen (secondary N) is 2. The number of aromatic nitrogens is 4. The lowest BCUT2D eigenvalue weighted by Crippen LogP contribution is -2.47. The number of anilines is 2. The van der Waals surface area contributed by atoms with Gasteiger partial charge in [-0.15, -0.1) is 0 Å². The first-order chi connectivity index (χ1) is 19.8. The minimum Gasteiger partial charge on any atom is -0.462 e. The molecule has 0 fully saturated rings. The normalized spacial score (nSPS) is 13.2. The molecule has 42 heavy (non-hydrogen) atoms. The molecule has 0 saturated carbocycles. The van der Waals surface area contributed by atoms with Gasteiger partial charge in [-0.05, 0) is 59.4 Å². The Morgan fingerprint density at radius 3 is 2.31 bits per heavy atom. The average molecular weight is 582 g/mol. The highest BCUT2D eigenvalue weighted by Gasteiger charge is 2.29. The Hall–Kier alpha value is -3.89. The average Bonchev–Trinajstić information content (AvgIpc) is 3.36. The molecule has 0 unspecified atom stereocenters. The first kappa shape index (κ1) is 32.6. The Labute approximate surface area is 249 Å². The number of amides is 1. The van der Waals surface area contributed by atoms with E-state index < -0.39 is 23.7 Å². The van der Waals surface area contributed by atoms with Gasteiger partial charge in [0.1, 0.15) is 18.2 Å². The van der Waals surface area contributed by atoms with Crippen molar-refractivity contribution in [2.24, 2.45) is 5.92 Å². The maximum absolute atomic E-state index is 13.0. The fourth-order valence-electron chi connectivity index (χ4n) is 4.35. The predicted octanol–water partition coefficient (Wildman–Crippen LogP) is 5.72. The first-order valence-corrected chi connectivity index (χ1v) is 14.8. The van der Waals surface area contributed by atoms with Crippen LogP contribution in [0.1, 0.15) is 80.3 Å². The van der Waals surface area contributed by atoms with Crippen LogP contribution < -0.4 is 15.5 Å². The number of imidazole rings is 1. The van der Waals surface area contributed by atoms with Gasteiger partial charge in [-0.3, -0.25) is 0 Å². The summed E-state index contributed by atoms with van der Waals surface area (Å²) in [5.74, 6) is 0.460. The molecule has 11 nitrogen and oxygen atoms in total. The Balaban J connectivity index is 1.82. The number of hydrogen-bond donors (Lipinski definition) is 2. The molecule has 0 saturated heterocycles. The second-order valence-corrected chi connectivity index (χ2v) is 12.0. The third-order valence-electron chi connectivity index (χ3n) is 6.70. The predicted molar refractivity (Wildman–Crippen MR) is 166 cm³/mol. The van der Waals surface area contributed by atoms with Crippen LogP contribution in [0.3, 0.4) is 0 Å². The SMILES string of the molecule is CC[C@H](COC(=O)[C@@H](NC(=O)OC(C)(C)C)C(C)C)Nc1nc(N(CC)Cc2ccccc2)c2ncn(C(C)C)c2n1. The Morgan fingerprint density at radius 2 is 1.74 bits per heavy atom. The van der Waals surface area contributed by atoms with Crippen molar-refractivity contribution < 1.29 is 19.1 Å². The van der Waals surface area contributed by atoms with Crippen LogP contribution >= 0.6 is 0 Å². The van der Waals surface area contributed by atoms with E-state index in [-0.39, 0.29) is 24.6 Å². The molecule has 0 aliphatic heterocycles. The molecular formula is C31H47N7O4. The van der Waals surface area contributed by atoms with Crippen LogP contribution in [0.15, 0.2) is 36.7 Å². The zero-order valence-electron chi connectivity index (χ0n) is 26.5. The Bertz CT molecular complexity index is 1320. The van der Waals surface area contributed by atoms with Crippen molar-refractivity contribution in [3.8, 4) is 0 Å². The van der Waals surface area contributed by atoms with Gasteiger partial charge in [0, 0.05) is 19.1 Å². The number of esters is 1. The molecule has 0 aliphatic carbocycles. The number of rotatable bonds is 13. The zero-order chi connectivity index (χ0) is 31.0. The highest BCUT2D eigenvalue weighted by molar-refractivity contribution is 5.85. The van der Waals surface area contributed by atoms with Crippen molar-refractivity contribution in [3.05, 3.63) is 42.2 Å². The van der Waals surface area contributed by atoms with Gasteiger partial charge < -0.3 is 29.6 Å². The molecule has 2 heterocycles. The molecule has 0 bridgehead atoms. The summed E-state index contributed by atoms with van der Waals surface area (Å²) >= 11 is 0. The van der Waals surface area contributed by atoms with Gasteiger partial charge in [0.25, 0.3) is 0 Å². The van der Waals surface area contributed by atoms with E-state index >= 15 is 0 Å². The summed E-state index contributed by atoms with van der Waals surface area (Å²) in [7, 11) is 0. The van der Waals surface area contributed by atoms with Crippen LogP contribution in [0.25, 0.3) is 11.2 Å². The molecule has 3 rings (SSSR count). The smallest absolute Gasteiger partial charge is 0.408 e. The summed E-state index contributed by atoms with van der Waals surface area (Å²) in [5.41, 5.74) is 1.96. The van der Waals surface area contributed by atoms with E-state index in [1.807, 2.05) is 43.5 Å². The number of hydrogen-bond acceptors (Lipinski definition) is 9. The summed E-state index contributed by atoms with van der Waals surface area (Å²) in [6, 6.07) is 9.30. The lowest BCUT2D eigenvalue weighted by Gasteiger charge is -2.26. The number of benzene rings is 1. The number of fused-ring (bicyclic) bond motifs is 1. The number of carbonyl (C=O) groups excluding carboxylic acids is 2. The molecule has 2 N–H and O–H groups in total. The fourth-order valence-corrected chi connectivity index (χ4v) is 4.35. The van der Waals surface area contributed by atoms with E-state index in [0.717, 1.165) is 23.5 Å². The van der Waals surface area contributed by atoms with Crippen molar-refractivity contribution >= 4 is 35.0 Å². The number of alkyl carbamates (subject to hydrolysis) is 1. The largest absolute Gasteiger partial charge is 0.462 e. The van der Waals surface area contributed by atoms with Gasteiger partial charge in [-0.2, -0.15) is 9.97 Å². The summed E-state index contributed by atoms with van der Waals surface area (Å²) < 4.78 is 13.0. The highest BCUT2D eigenvalue weighted by atomic mass is 16.6. The van der Waals surface area contributed by atoms with Gasteiger partial charge in [0.15, 0.2) is 17.0 Å². The van der Waals surface area contributed by atoms with Gasteiger partial charge in [0.05, 0.1) is 12.4 Å². The summed E-state index contributed by atoms with van der Waals surface area (Å²) in [6.07, 6.45) is 1.80.